The second-order valence-electron chi connectivity index (χ2n) is 8.72. The number of anilines is 2. The van der Waals surface area contributed by atoms with Crippen LogP contribution in [0.3, 0.4) is 0 Å². The first-order valence-electron chi connectivity index (χ1n) is 11.0. The van der Waals surface area contributed by atoms with Crippen molar-refractivity contribution in [2.45, 2.75) is 43.5 Å². The molecule has 1 amide bonds. The van der Waals surface area contributed by atoms with E-state index in [2.05, 4.69) is 20.2 Å². The zero-order valence-electron chi connectivity index (χ0n) is 18.8. The Morgan fingerprint density at radius 3 is 2.56 bits per heavy atom. The van der Waals surface area contributed by atoms with Gasteiger partial charge in [0.2, 0.25) is 17.6 Å². The van der Waals surface area contributed by atoms with Gasteiger partial charge in [0, 0.05) is 16.7 Å². The van der Waals surface area contributed by atoms with E-state index in [0.717, 1.165) is 19.3 Å². The maximum absolute atomic E-state index is 12.9. The Morgan fingerprint density at radius 2 is 1.88 bits per heavy atom. The predicted molar refractivity (Wildman–Crippen MR) is 128 cm³/mol. The topological polar surface area (TPSA) is 166 Å². The van der Waals surface area contributed by atoms with Gasteiger partial charge in [-0.3, -0.25) is 9.52 Å². The van der Waals surface area contributed by atoms with Gasteiger partial charge in [-0.05, 0) is 74.7 Å². The molecule has 0 spiro atoms. The van der Waals surface area contributed by atoms with Gasteiger partial charge in [-0.25, -0.2) is 8.42 Å². The average Bonchev–Trinajstić information content (AvgIpc) is 3.38. The summed E-state index contributed by atoms with van der Waals surface area (Å²) >= 11 is 0. The van der Waals surface area contributed by atoms with Gasteiger partial charge in [0.25, 0.3) is 10.0 Å². The summed E-state index contributed by atoms with van der Waals surface area (Å²) in [6.45, 7) is 2.43. The zero-order chi connectivity index (χ0) is 24.3. The van der Waals surface area contributed by atoms with Gasteiger partial charge in [0.15, 0.2) is 0 Å². The quantitative estimate of drug-likeness (QED) is 0.341. The smallest absolute Gasteiger partial charge is 0.261 e. The maximum atomic E-state index is 12.9. The number of hydrogen-bond donors (Lipinski definition) is 4. The number of amides is 1. The predicted octanol–water partition coefficient (Wildman–Crippen LogP) is 3.01. The van der Waals surface area contributed by atoms with Crippen molar-refractivity contribution in [1.29, 1.82) is 0 Å². The van der Waals surface area contributed by atoms with Crippen LogP contribution in [0.2, 0.25) is 0 Å². The molecular weight excluding hydrogens is 456 g/mol. The largest absolute Gasteiger partial charge is 0.337 e. The summed E-state index contributed by atoms with van der Waals surface area (Å²) in [5.74, 6) is 0.570. The number of nitrogens with zero attached hydrogens (tertiary/aromatic N) is 2. The molecule has 180 valence electrons. The minimum Gasteiger partial charge on any atom is -0.337 e. The van der Waals surface area contributed by atoms with Gasteiger partial charge >= 0.3 is 0 Å². The third kappa shape index (κ3) is 5.44. The lowest BCUT2D eigenvalue weighted by Crippen LogP contribution is -2.21. The fourth-order valence-electron chi connectivity index (χ4n) is 3.32. The number of carbonyl (C=O) groups is 1. The van der Waals surface area contributed by atoms with Gasteiger partial charge in [0.05, 0.1) is 16.6 Å². The fraction of sp³-hybridized carbons (Fsp3) is 0.348. The van der Waals surface area contributed by atoms with E-state index in [4.69, 9.17) is 16.0 Å². The number of sulfonamides is 1. The molecule has 11 heteroatoms. The lowest BCUT2D eigenvalue weighted by Gasteiger charge is -2.12. The van der Waals surface area contributed by atoms with Crippen molar-refractivity contribution in [3.63, 3.8) is 0 Å². The van der Waals surface area contributed by atoms with E-state index in [9.17, 15) is 13.2 Å². The second-order valence-corrected chi connectivity index (χ2v) is 10.4. The van der Waals surface area contributed by atoms with E-state index in [-0.39, 0.29) is 16.2 Å². The summed E-state index contributed by atoms with van der Waals surface area (Å²) in [5.41, 5.74) is 12.7. The lowest BCUT2D eigenvalue weighted by atomic mass is 10.1. The van der Waals surface area contributed by atoms with Crippen LogP contribution >= 0.6 is 0 Å². The molecule has 0 radical (unpaired) electrons. The minimum atomic E-state index is -3.85. The Bertz CT molecular complexity index is 1270. The van der Waals surface area contributed by atoms with E-state index < -0.39 is 16.1 Å². The number of nitrogens with one attached hydrogen (secondary N) is 2. The summed E-state index contributed by atoms with van der Waals surface area (Å²) in [6.07, 6.45) is 3.08. The fourth-order valence-corrected chi connectivity index (χ4v) is 4.37. The minimum absolute atomic E-state index is 0.0620. The Hall–Kier alpha value is -3.28. The number of benzene rings is 2. The summed E-state index contributed by atoms with van der Waals surface area (Å²) in [5, 5.41) is 6.78. The van der Waals surface area contributed by atoms with Crippen molar-refractivity contribution in [3.05, 3.63) is 54.4 Å². The van der Waals surface area contributed by atoms with Crippen LogP contribution in [0, 0.1) is 5.41 Å². The van der Waals surface area contributed by atoms with Crippen LogP contribution in [-0.2, 0) is 14.8 Å². The summed E-state index contributed by atoms with van der Waals surface area (Å²) in [7, 11) is -3.85. The van der Waals surface area contributed by atoms with E-state index in [0.29, 0.717) is 41.6 Å². The molecule has 1 aliphatic carbocycles. The van der Waals surface area contributed by atoms with Crippen LogP contribution in [0.1, 0.15) is 44.5 Å². The Kier molecular flexibility index (Phi) is 6.69. The van der Waals surface area contributed by atoms with Gasteiger partial charge < -0.3 is 21.3 Å². The van der Waals surface area contributed by atoms with Crippen LogP contribution < -0.4 is 21.5 Å². The molecule has 4 rings (SSSR count). The van der Waals surface area contributed by atoms with Gasteiger partial charge in [-0.2, -0.15) is 4.98 Å². The maximum Gasteiger partial charge on any atom is 0.261 e. The normalized spacial score (nSPS) is 15.5. The molecule has 2 aromatic carbocycles. The first-order valence-corrected chi connectivity index (χ1v) is 12.5. The molecule has 3 aromatic rings. The van der Waals surface area contributed by atoms with Crippen LogP contribution in [0.4, 0.5) is 11.4 Å². The third-order valence-electron chi connectivity index (χ3n) is 5.82. The van der Waals surface area contributed by atoms with Crippen LogP contribution in [-0.4, -0.2) is 31.0 Å². The second kappa shape index (κ2) is 9.53. The van der Waals surface area contributed by atoms with Crippen molar-refractivity contribution < 1.29 is 17.7 Å². The van der Waals surface area contributed by atoms with Gasteiger partial charge in [0.1, 0.15) is 0 Å². The highest BCUT2D eigenvalue weighted by Crippen LogP contribution is 2.45. The molecule has 0 saturated heterocycles. The highest BCUT2D eigenvalue weighted by atomic mass is 32.2. The molecule has 1 aliphatic rings. The highest BCUT2D eigenvalue weighted by Gasteiger charge is 2.44. The van der Waals surface area contributed by atoms with Gasteiger partial charge in [-0.15, -0.1) is 0 Å². The number of aromatic nitrogens is 2. The van der Waals surface area contributed by atoms with Crippen LogP contribution in [0.15, 0.2) is 57.9 Å². The first kappa shape index (κ1) is 23.9. The summed E-state index contributed by atoms with van der Waals surface area (Å²) in [6, 6.07) is 12.3. The van der Waals surface area contributed by atoms with E-state index >= 15 is 0 Å². The lowest BCUT2D eigenvalue weighted by molar-refractivity contribution is -0.120. The standard InChI is InChI=1S/C23H28N6O4S/c1-23(11-12-23)22(30)26-16-4-2-5-17(14-16)29-34(31,32)18-9-7-15(8-10-18)20-27-21(33-28-20)19(25)6-3-13-24/h2,4-5,7-10,14,19,29H,3,6,11-13,24-25H2,1H3,(H,26,30). The number of nitrogens with two attached hydrogens (primary N) is 2. The SMILES string of the molecule is CC1(C(=O)Nc2cccc(NS(=O)(=O)c3ccc(-c4noc(C(N)CCCN)n4)cc3)c2)CC1. The molecule has 10 nitrogen and oxygen atoms in total. The molecule has 1 saturated carbocycles. The average molecular weight is 485 g/mol. The molecule has 34 heavy (non-hydrogen) atoms. The Balaban J connectivity index is 1.44. The Morgan fingerprint density at radius 1 is 1.18 bits per heavy atom. The molecule has 1 heterocycles. The molecule has 0 aliphatic heterocycles. The van der Waals surface area contributed by atoms with E-state index in [1.165, 1.54) is 12.1 Å². The highest BCUT2D eigenvalue weighted by molar-refractivity contribution is 7.92. The molecule has 1 atom stereocenters. The molecule has 1 fully saturated rings. The van der Waals surface area contributed by atoms with Crippen molar-refractivity contribution >= 4 is 27.3 Å². The van der Waals surface area contributed by atoms with Crippen molar-refractivity contribution in [2.24, 2.45) is 16.9 Å². The molecule has 6 N–H and O–H groups in total. The number of rotatable bonds is 10. The van der Waals surface area contributed by atoms with Gasteiger partial charge in [-0.1, -0.05) is 18.1 Å². The summed E-state index contributed by atoms with van der Waals surface area (Å²) < 4.78 is 33.5. The van der Waals surface area contributed by atoms with E-state index in [1.54, 1.807) is 36.4 Å². The zero-order valence-corrected chi connectivity index (χ0v) is 19.6. The molecular formula is C23H28N6O4S. The molecule has 0 bridgehead atoms. The number of hydrogen-bond acceptors (Lipinski definition) is 8. The van der Waals surface area contributed by atoms with Crippen molar-refractivity contribution in [1.82, 2.24) is 10.1 Å². The summed E-state index contributed by atoms with van der Waals surface area (Å²) in [4.78, 5) is 16.6. The number of carbonyl (C=O) groups excluding carboxylic acids is 1. The van der Waals surface area contributed by atoms with Crippen LogP contribution in [0.5, 0.6) is 0 Å². The monoisotopic (exact) mass is 484 g/mol. The molecule has 1 aromatic heterocycles. The Labute approximate surface area is 198 Å². The van der Waals surface area contributed by atoms with E-state index in [1.807, 2.05) is 6.92 Å². The third-order valence-corrected chi connectivity index (χ3v) is 7.22. The van der Waals surface area contributed by atoms with Crippen LogP contribution in [0.25, 0.3) is 11.4 Å². The first-order chi connectivity index (χ1) is 16.2. The van der Waals surface area contributed by atoms with Crippen molar-refractivity contribution in [3.8, 4) is 11.4 Å². The molecule has 1 unspecified atom stereocenters. The van der Waals surface area contributed by atoms with Crippen molar-refractivity contribution in [2.75, 3.05) is 16.6 Å².